The summed E-state index contributed by atoms with van der Waals surface area (Å²) in [7, 11) is 1.72. The van der Waals surface area contributed by atoms with Crippen LogP contribution in [-0.2, 0) is 11.3 Å². The second-order valence-electron chi connectivity index (χ2n) is 7.35. The van der Waals surface area contributed by atoms with Gasteiger partial charge in [-0.1, -0.05) is 42.7 Å². The van der Waals surface area contributed by atoms with Gasteiger partial charge in [0, 0.05) is 42.7 Å². The van der Waals surface area contributed by atoms with E-state index in [0.29, 0.717) is 29.2 Å². The Labute approximate surface area is 198 Å². The molecule has 164 valence electrons. The summed E-state index contributed by atoms with van der Waals surface area (Å²) in [5.74, 6) is 1.88. The second-order valence-corrected chi connectivity index (χ2v) is 7.78. The number of carbonyl (C=O) groups is 1. The summed E-state index contributed by atoms with van der Waals surface area (Å²) in [6.45, 7) is 5.76. The minimum absolute atomic E-state index is 0. The van der Waals surface area contributed by atoms with Gasteiger partial charge in [-0.05, 0) is 25.0 Å². The molecular formula is C20H28ClIN6O2. The van der Waals surface area contributed by atoms with Crippen molar-refractivity contribution in [3.63, 3.8) is 0 Å². The van der Waals surface area contributed by atoms with E-state index in [9.17, 15) is 4.79 Å². The van der Waals surface area contributed by atoms with Gasteiger partial charge < -0.3 is 20.1 Å². The summed E-state index contributed by atoms with van der Waals surface area (Å²) in [5.41, 5.74) is 0.803. The van der Waals surface area contributed by atoms with Crippen molar-refractivity contribution in [3.05, 3.63) is 35.2 Å². The van der Waals surface area contributed by atoms with Crippen LogP contribution in [-0.4, -0.2) is 53.1 Å². The molecule has 10 heteroatoms. The number of piperidine rings is 1. The first-order chi connectivity index (χ1) is 14.0. The number of aromatic nitrogens is 2. The minimum atomic E-state index is 0. The number of carbonyl (C=O) groups excluding carboxylic acids is 1. The highest BCUT2D eigenvalue weighted by atomic mass is 127. The Balaban J connectivity index is 0.00000320. The van der Waals surface area contributed by atoms with E-state index in [2.05, 4.69) is 25.8 Å². The molecule has 8 nitrogen and oxygen atoms in total. The molecule has 2 N–H and O–H groups in total. The van der Waals surface area contributed by atoms with E-state index in [1.807, 2.05) is 30.9 Å². The highest BCUT2D eigenvalue weighted by molar-refractivity contribution is 14.0. The Bertz CT molecular complexity index is 864. The third-order valence-electron chi connectivity index (χ3n) is 4.82. The molecule has 0 radical (unpaired) electrons. The number of hydrogen-bond donors (Lipinski definition) is 2. The lowest BCUT2D eigenvalue weighted by Crippen LogP contribution is -2.50. The number of hydrogen-bond acceptors (Lipinski definition) is 5. The van der Waals surface area contributed by atoms with E-state index in [1.54, 1.807) is 19.2 Å². The fraction of sp³-hybridized carbons (Fsp3) is 0.500. The van der Waals surface area contributed by atoms with Gasteiger partial charge in [0.15, 0.2) is 5.96 Å². The van der Waals surface area contributed by atoms with Gasteiger partial charge in [0.2, 0.25) is 17.6 Å². The van der Waals surface area contributed by atoms with E-state index >= 15 is 0 Å². The molecule has 1 fully saturated rings. The largest absolute Gasteiger partial charge is 0.354 e. The van der Waals surface area contributed by atoms with Crippen LogP contribution in [0, 0.1) is 5.92 Å². The summed E-state index contributed by atoms with van der Waals surface area (Å²) >= 11 is 6.01. The van der Waals surface area contributed by atoms with Gasteiger partial charge in [-0.25, -0.2) is 0 Å². The first-order valence-electron chi connectivity index (χ1n) is 9.80. The molecule has 0 spiro atoms. The lowest BCUT2D eigenvalue weighted by atomic mass is 10.0. The van der Waals surface area contributed by atoms with Gasteiger partial charge in [0.1, 0.15) is 0 Å². The maximum atomic E-state index is 12.1. The SMILES string of the molecule is CN=C(NCc1nc(-c2cccc(Cl)c2)no1)NC1CCN(C(=O)C(C)C)CC1.I. The molecule has 1 aliphatic rings. The zero-order valence-corrected chi connectivity index (χ0v) is 20.5. The van der Waals surface area contributed by atoms with Gasteiger partial charge in [0.05, 0.1) is 6.54 Å². The van der Waals surface area contributed by atoms with E-state index in [1.165, 1.54) is 0 Å². The van der Waals surface area contributed by atoms with Crippen molar-refractivity contribution >= 4 is 47.4 Å². The van der Waals surface area contributed by atoms with E-state index in [-0.39, 0.29) is 41.8 Å². The number of nitrogens with one attached hydrogen (secondary N) is 2. The molecule has 1 amide bonds. The van der Waals surface area contributed by atoms with Crippen molar-refractivity contribution in [3.8, 4) is 11.4 Å². The third-order valence-corrected chi connectivity index (χ3v) is 5.06. The van der Waals surface area contributed by atoms with Gasteiger partial charge in [-0.15, -0.1) is 24.0 Å². The van der Waals surface area contributed by atoms with Crippen LogP contribution in [0.4, 0.5) is 0 Å². The molecule has 1 aromatic carbocycles. The van der Waals surface area contributed by atoms with Crippen LogP contribution in [0.1, 0.15) is 32.6 Å². The molecule has 0 bridgehead atoms. The Morgan fingerprint density at radius 3 is 2.73 bits per heavy atom. The van der Waals surface area contributed by atoms with Gasteiger partial charge >= 0.3 is 0 Å². The summed E-state index contributed by atoms with van der Waals surface area (Å²) in [4.78, 5) is 22.7. The Morgan fingerprint density at radius 1 is 1.37 bits per heavy atom. The van der Waals surface area contributed by atoms with Crippen LogP contribution in [0.2, 0.25) is 5.02 Å². The minimum Gasteiger partial charge on any atom is -0.354 e. The molecule has 0 aliphatic carbocycles. The number of benzene rings is 1. The number of rotatable bonds is 5. The van der Waals surface area contributed by atoms with Crippen LogP contribution >= 0.6 is 35.6 Å². The summed E-state index contributed by atoms with van der Waals surface area (Å²) in [5, 5.41) is 11.2. The van der Waals surface area contributed by atoms with Crippen molar-refractivity contribution in [2.45, 2.75) is 39.3 Å². The van der Waals surface area contributed by atoms with Gasteiger partial charge in [0.25, 0.3) is 0 Å². The highest BCUT2D eigenvalue weighted by Crippen LogP contribution is 2.20. The number of nitrogens with zero attached hydrogens (tertiary/aromatic N) is 4. The molecule has 2 heterocycles. The Kier molecular flexibility index (Phi) is 9.35. The first-order valence-corrected chi connectivity index (χ1v) is 10.2. The summed E-state index contributed by atoms with van der Waals surface area (Å²) in [6.07, 6.45) is 1.78. The number of amides is 1. The summed E-state index contributed by atoms with van der Waals surface area (Å²) in [6, 6.07) is 7.58. The lowest BCUT2D eigenvalue weighted by molar-refractivity contribution is -0.135. The quantitative estimate of drug-likeness (QED) is 0.339. The maximum Gasteiger partial charge on any atom is 0.246 e. The maximum absolute atomic E-state index is 12.1. The van der Waals surface area contributed by atoms with Crippen LogP contribution < -0.4 is 10.6 Å². The zero-order valence-electron chi connectivity index (χ0n) is 17.4. The van der Waals surface area contributed by atoms with Crippen molar-refractivity contribution in [2.24, 2.45) is 10.9 Å². The molecule has 30 heavy (non-hydrogen) atoms. The summed E-state index contributed by atoms with van der Waals surface area (Å²) < 4.78 is 5.31. The van der Waals surface area contributed by atoms with Crippen LogP contribution in [0.3, 0.4) is 0 Å². The Hall–Kier alpha value is -1.88. The van der Waals surface area contributed by atoms with Crippen molar-refractivity contribution in [1.29, 1.82) is 0 Å². The van der Waals surface area contributed by atoms with Gasteiger partial charge in [-0.2, -0.15) is 4.98 Å². The smallest absolute Gasteiger partial charge is 0.246 e. The fourth-order valence-electron chi connectivity index (χ4n) is 3.23. The fourth-order valence-corrected chi connectivity index (χ4v) is 3.42. The molecule has 3 rings (SSSR count). The normalized spacial score (nSPS) is 15.1. The third kappa shape index (κ3) is 6.56. The van der Waals surface area contributed by atoms with Crippen LogP contribution in [0.15, 0.2) is 33.8 Å². The lowest BCUT2D eigenvalue weighted by Gasteiger charge is -2.34. The highest BCUT2D eigenvalue weighted by Gasteiger charge is 2.24. The molecule has 1 aromatic heterocycles. The Morgan fingerprint density at radius 2 is 2.10 bits per heavy atom. The molecule has 1 aliphatic heterocycles. The van der Waals surface area contributed by atoms with Gasteiger partial charge in [-0.3, -0.25) is 9.79 Å². The van der Waals surface area contributed by atoms with Crippen LogP contribution in [0.5, 0.6) is 0 Å². The van der Waals surface area contributed by atoms with E-state index in [4.69, 9.17) is 16.1 Å². The predicted octanol–water partition coefficient (Wildman–Crippen LogP) is 3.32. The molecule has 1 saturated heterocycles. The first kappa shape index (κ1) is 24.4. The number of likely N-dealkylation sites (tertiary alicyclic amines) is 1. The number of aliphatic imine (C=N–C) groups is 1. The molecule has 2 aromatic rings. The van der Waals surface area contributed by atoms with Crippen molar-refractivity contribution in [2.75, 3.05) is 20.1 Å². The standard InChI is InChI=1S/C20H27ClN6O2.HI/c1-13(2)19(28)27-9-7-16(8-10-27)24-20(22-3)23-12-17-25-18(26-29-17)14-5-4-6-15(21)11-14;/h4-6,11,13,16H,7-10,12H2,1-3H3,(H2,22,23,24);1H. The van der Waals surface area contributed by atoms with E-state index in [0.717, 1.165) is 31.5 Å². The van der Waals surface area contributed by atoms with E-state index < -0.39 is 0 Å². The predicted molar refractivity (Wildman–Crippen MR) is 128 cm³/mol. The topological polar surface area (TPSA) is 95.7 Å². The molecular weight excluding hydrogens is 519 g/mol. The average Bonchev–Trinajstić information content (AvgIpc) is 3.20. The second kappa shape index (κ2) is 11.5. The molecule has 0 saturated carbocycles. The number of halogens is 2. The van der Waals surface area contributed by atoms with Crippen molar-refractivity contribution in [1.82, 2.24) is 25.7 Å². The zero-order chi connectivity index (χ0) is 20.8. The monoisotopic (exact) mass is 546 g/mol. The number of guanidine groups is 1. The molecule has 0 atom stereocenters. The van der Waals surface area contributed by atoms with Crippen molar-refractivity contribution < 1.29 is 9.32 Å². The average molecular weight is 547 g/mol. The van der Waals surface area contributed by atoms with Crippen LogP contribution in [0.25, 0.3) is 11.4 Å². The molecule has 0 unspecified atom stereocenters.